The minimum absolute atomic E-state index is 0.0209. The molecule has 2 aromatic carbocycles. The van der Waals surface area contributed by atoms with Crippen LogP contribution in [0.1, 0.15) is 61.4 Å². The van der Waals surface area contributed by atoms with Crippen LogP contribution in [-0.2, 0) is 9.53 Å². The van der Waals surface area contributed by atoms with Crippen LogP contribution in [0.3, 0.4) is 0 Å². The lowest BCUT2D eigenvalue weighted by atomic mass is 9.72. The molecule has 0 radical (unpaired) electrons. The van der Waals surface area contributed by atoms with Gasteiger partial charge in [-0.3, -0.25) is 9.59 Å². The van der Waals surface area contributed by atoms with Crippen LogP contribution in [0.25, 0.3) is 0 Å². The second kappa shape index (κ2) is 15.2. The van der Waals surface area contributed by atoms with Gasteiger partial charge < -0.3 is 29.7 Å². The number of methoxy groups -OCH3 is 2. The third-order valence-corrected chi connectivity index (χ3v) is 8.56. The van der Waals surface area contributed by atoms with Gasteiger partial charge >= 0.3 is 0 Å². The third kappa shape index (κ3) is 8.01. The van der Waals surface area contributed by atoms with Gasteiger partial charge in [0.2, 0.25) is 5.91 Å². The maximum absolute atomic E-state index is 13.8. The van der Waals surface area contributed by atoms with E-state index in [-0.39, 0.29) is 35.6 Å². The Labute approximate surface area is 245 Å². The van der Waals surface area contributed by atoms with Gasteiger partial charge in [0.15, 0.2) is 11.5 Å². The molecule has 224 valence electrons. The van der Waals surface area contributed by atoms with Crippen molar-refractivity contribution in [2.45, 2.75) is 51.5 Å². The zero-order valence-electron chi connectivity index (χ0n) is 25.1. The van der Waals surface area contributed by atoms with Gasteiger partial charge in [0.05, 0.1) is 19.6 Å². The van der Waals surface area contributed by atoms with Crippen molar-refractivity contribution in [3.05, 3.63) is 59.7 Å². The van der Waals surface area contributed by atoms with E-state index in [1.807, 2.05) is 36.9 Å². The summed E-state index contributed by atoms with van der Waals surface area (Å²) in [7, 11) is 3.26. The first-order valence-corrected chi connectivity index (χ1v) is 15.1. The molecule has 3 atom stereocenters. The van der Waals surface area contributed by atoms with Crippen molar-refractivity contribution in [1.29, 1.82) is 0 Å². The number of nitrogens with zero attached hydrogens (tertiary/aromatic N) is 1. The van der Waals surface area contributed by atoms with Gasteiger partial charge in [-0.05, 0) is 68.2 Å². The van der Waals surface area contributed by atoms with Crippen LogP contribution in [0.15, 0.2) is 48.5 Å². The van der Waals surface area contributed by atoms with Crippen molar-refractivity contribution >= 4 is 11.8 Å². The monoisotopic (exact) mass is 565 g/mol. The van der Waals surface area contributed by atoms with Crippen molar-refractivity contribution in [3.63, 3.8) is 0 Å². The Morgan fingerprint density at radius 1 is 1.00 bits per heavy atom. The fourth-order valence-corrected chi connectivity index (χ4v) is 5.91. The van der Waals surface area contributed by atoms with Crippen molar-refractivity contribution in [2.24, 2.45) is 17.8 Å². The van der Waals surface area contributed by atoms with Crippen molar-refractivity contribution in [3.8, 4) is 11.5 Å². The molecule has 1 heterocycles. The standard InChI is InChI=1S/C33H47N3O5/c1-23(2)36(33(38)26-14-15-29(40-4)30(18-26)41-17-9-16-39-3)22-28-20-34-19-27(28)21-35-32(37)31(25-12-8-13-25)24-10-6-5-7-11-24/h5-7,10-11,14-15,18,23,25,27-28,31,34H,8-9,12-13,16-17,19-22H2,1-4H3,(H,35,37)/t27-,28+,31?/m1/s1. The Bertz CT molecular complexity index is 1120. The number of amides is 2. The molecular weight excluding hydrogens is 518 g/mol. The Morgan fingerprint density at radius 3 is 2.41 bits per heavy atom. The number of nitrogens with one attached hydrogen (secondary N) is 2. The lowest BCUT2D eigenvalue weighted by Crippen LogP contribution is -2.44. The fourth-order valence-electron chi connectivity index (χ4n) is 5.91. The number of carbonyl (C=O) groups excluding carboxylic acids is 2. The Kier molecular flexibility index (Phi) is 11.5. The van der Waals surface area contributed by atoms with E-state index in [1.165, 1.54) is 6.42 Å². The van der Waals surface area contributed by atoms with Crippen molar-refractivity contribution < 1.29 is 23.8 Å². The zero-order valence-corrected chi connectivity index (χ0v) is 25.1. The maximum Gasteiger partial charge on any atom is 0.254 e. The van der Waals surface area contributed by atoms with Gasteiger partial charge in [-0.15, -0.1) is 0 Å². The molecule has 1 unspecified atom stereocenters. The van der Waals surface area contributed by atoms with Crippen LogP contribution in [0.4, 0.5) is 0 Å². The minimum Gasteiger partial charge on any atom is -0.493 e. The summed E-state index contributed by atoms with van der Waals surface area (Å²) in [5, 5.41) is 6.79. The Hall–Kier alpha value is -3.10. The van der Waals surface area contributed by atoms with E-state index in [9.17, 15) is 9.59 Å². The largest absolute Gasteiger partial charge is 0.493 e. The van der Waals surface area contributed by atoms with Gasteiger partial charge in [-0.25, -0.2) is 0 Å². The summed E-state index contributed by atoms with van der Waals surface area (Å²) in [6.07, 6.45) is 4.16. The average Bonchev–Trinajstić information content (AvgIpc) is 3.41. The molecule has 2 N–H and O–H groups in total. The van der Waals surface area contributed by atoms with E-state index in [0.29, 0.717) is 49.3 Å². The van der Waals surface area contributed by atoms with E-state index in [4.69, 9.17) is 14.2 Å². The molecule has 8 nitrogen and oxygen atoms in total. The first kappa shape index (κ1) is 30.8. The molecule has 4 rings (SSSR count). The summed E-state index contributed by atoms with van der Waals surface area (Å²) in [5.74, 6) is 2.06. The number of hydrogen-bond acceptors (Lipinski definition) is 6. The molecule has 41 heavy (non-hydrogen) atoms. The SMILES string of the molecule is COCCCOc1cc(C(=O)N(C[C@@H]2CNC[C@@H]2CNC(=O)C(c2ccccc2)C2CCC2)C(C)C)ccc1OC. The highest BCUT2D eigenvalue weighted by molar-refractivity contribution is 5.95. The van der Waals surface area contributed by atoms with E-state index in [1.54, 1.807) is 32.4 Å². The smallest absolute Gasteiger partial charge is 0.254 e. The molecule has 0 aromatic heterocycles. The molecule has 0 bridgehead atoms. The molecule has 8 heteroatoms. The highest BCUT2D eigenvalue weighted by atomic mass is 16.5. The Balaban J connectivity index is 1.40. The molecule has 1 saturated heterocycles. The summed E-state index contributed by atoms with van der Waals surface area (Å²) in [6.45, 7) is 8.04. The fraction of sp³-hybridized carbons (Fsp3) is 0.576. The van der Waals surface area contributed by atoms with E-state index in [0.717, 1.165) is 37.9 Å². The second-order valence-electron chi connectivity index (χ2n) is 11.6. The van der Waals surface area contributed by atoms with Crippen molar-refractivity contribution in [1.82, 2.24) is 15.5 Å². The molecule has 1 aliphatic heterocycles. The van der Waals surface area contributed by atoms with Crippen LogP contribution in [0, 0.1) is 17.8 Å². The van der Waals surface area contributed by atoms with E-state index < -0.39 is 0 Å². The third-order valence-electron chi connectivity index (χ3n) is 8.56. The summed E-state index contributed by atoms with van der Waals surface area (Å²) < 4.78 is 16.5. The van der Waals surface area contributed by atoms with Gasteiger partial charge in [0.1, 0.15) is 0 Å². The number of rotatable bonds is 15. The van der Waals surface area contributed by atoms with Gasteiger partial charge in [-0.2, -0.15) is 0 Å². The second-order valence-corrected chi connectivity index (χ2v) is 11.6. The van der Waals surface area contributed by atoms with Gasteiger partial charge in [-0.1, -0.05) is 36.8 Å². The molecule has 2 fully saturated rings. The first-order chi connectivity index (χ1) is 19.9. The number of ether oxygens (including phenoxy) is 3. The molecule has 2 aliphatic rings. The minimum atomic E-state index is -0.0903. The van der Waals surface area contributed by atoms with Crippen LogP contribution in [-0.4, -0.2) is 76.4 Å². The highest BCUT2D eigenvalue weighted by Crippen LogP contribution is 2.39. The lowest BCUT2D eigenvalue weighted by Gasteiger charge is -2.34. The predicted molar refractivity (Wildman–Crippen MR) is 161 cm³/mol. The lowest BCUT2D eigenvalue weighted by molar-refractivity contribution is -0.124. The summed E-state index contributed by atoms with van der Waals surface area (Å²) in [4.78, 5) is 29.1. The topological polar surface area (TPSA) is 89.1 Å². The molecule has 2 amide bonds. The number of carbonyl (C=O) groups is 2. The first-order valence-electron chi connectivity index (χ1n) is 15.1. The molecule has 1 aliphatic carbocycles. The molecule has 2 aromatic rings. The molecular formula is C33H47N3O5. The number of benzene rings is 2. The van der Waals surface area contributed by atoms with Crippen LogP contribution >= 0.6 is 0 Å². The van der Waals surface area contributed by atoms with Crippen LogP contribution < -0.4 is 20.1 Å². The predicted octanol–water partition coefficient (Wildman–Crippen LogP) is 4.50. The van der Waals surface area contributed by atoms with Gasteiger partial charge in [0, 0.05) is 57.9 Å². The zero-order chi connectivity index (χ0) is 29.2. The highest BCUT2D eigenvalue weighted by Gasteiger charge is 2.36. The average molecular weight is 566 g/mol. The maximum atomic E-state index is 13.8. The van der Waals surface area contributed by atoms with Crippen LogP contribution in [0.5, 0.6) is 11.5 Å². The number of hydrogen-bond donors (Lipinski definition) is 2. The summed E-state index contributed by atoms with van der Waals surface area (Å²) in [5.41, 5.74) is 1.68. The normalized spacial score (nSPS) is 19.4. The van der Waals surface area contributed by atoms with Crippen molar-refractivity contribution in [2.75, 3.05) is 53.6 Å². The van der Waals surface area contributed by atoms with Crippen LogP contribution in [0.2, 0.25) is 0 Å². The molecule has 1 saturated carbocycles. The summed E-state index contributed by atoms with van der Waals surface area (Å²) in [6, 6.07) is 15.6. The molecule has 0 spiro atoms. The van der Waals surface area contributed by atoms with Gasteiger partial charge in [0.25, 0.3) is 5.91 Å². The summed E-state index contributed by atoms with van der Waals surface area (Å²) >= 11 is 0. The Morgan fingerprint density at radius 2 is 1.76 bits per heavy atom. The van der Waals surface area contributed by atoms with E-state index in [2.05, 4.69) is 22.8 Å². The van der Waals surface area contributed by atoms with E-state index >= 15 is 0 Å². The quantitative estimate of drug-likeness (QED) is 0.309.